The molecule has 0 N–H and O–H groups in total. The van der Waals surface area contributed by atoms with Gasteiger partial charge in [-0.15, -0.1) is 11.3 Å². The van der Waals surface area contributed by atoms with E-state index in [2.05, 4.69) is 4.98 Å². The maximum absolute atomic E-state index is 10.9. The molecule has 0 aliphatic heterocycles. The van der Waals surface area contributed by atoms with Crippen LogP contribution in [0.3, 0.4) is 0 Å². The van der Waals surface area contributed by atoms with Crippen molar-refractivity contribution in [3.05, 3.63) is 63.2 Å². The van der Waals surface area contributed by atoms with Crippen LogP contribution in [0, 0.1) is 10.1 Å². The summed E-state index contributed by atoms with van der Waals surface area (Å²) in [4.78, 5) is 14.9. The number of nitro benzene ring substituents is 1. The van der Waals surface area contributed by atoms with Crippen LogP contribution in [0.5, 0.6) is 0 Å². The van der Waals surface area contributed by atoms with Crippen molar-refractivity contribution in [3.8, 4) is 0 Å². The molecule has 0 aliphatic rings. The third kappa shape index (κ3) is 3.18. The monoisotopic (exact) mass is 336 g/mol. The van der Waals surface area contributed by atoms with E-state index in [0.717, 1.165) is 20.1 Å². The first-order valence-corrected chi connectivity index (χ1v) is 8.22. The van der Waals surface area contributed by atoms with Crippen LogP contribution in [0.2, 0.25) is 5.02 Å². The van der Waals surface area contributed by atoms with Gasteiger partial charge in [0.15, 0.2) is 4.34 Å². The van der Waals surface area contributed by atoms with Crippen molar-refractivity contribution in [2.24, 2.45) is 0 Å². The minimum atomic E-state index is -0.464. The van der Waals surface area contributed by atoms with Gasteiger partial charge in [0.1, 0.15) is 5.02 Å². The lowest BCUT2D eigenvalue weighted by molar-refractivity contribution is -0.384. The first-order chi connectivity index (χ1) is 10.1. The van der Waals surface area contributed by atoms with Gasteiger partial charge < -0.3 is 0 Å². The van der Waals surface area contributed by atoms with E-state index < -0.39 is 4.92 Å². The molecule has 7 heteroatoms. The van der Waals surface area contributed by atoms with E-state index in [-0.39, 0.29) is 10.7 Å². The van der Waals surface area contributed by atoms with Crippen LogP contribution in [-0.4, -0.2) is 9.91 Å². The van der Waals surface area contributed by atoms with Gasteiger partial charge >= 0.3 is 0 Å². The number of benzene rings is 2. The summed E-state index contributed by atoms with van der Waals surface area (Å²) in [6.07, 6.45) is 0. The van der Waals surface area contributed by atoms with Crippen LogP contribution in [0.4, 0.5) is 5.69 Å². The molecule has 0 unspecified atom stereocenters. The molecule has 4 nitrogen and oxygen atoms in total. The molecule has 0 radical (unpaired) electrons. The fraction of sp³-hybridized carbons (Fsp3) is 0.0714. The van der Waals surface area contributed by atoms with E-state index in [9.17, 15) is 10.1 Å². The summed E-state index contributed by atoms with van der Waals surface area (Å²) in [5.41, 5.74) is 1.78. The molecular weight excluding hydrogens is 328 g/mol. The van der Waals surface area contributed by atoms with Crippen LogP contribution in [0.25, 0.3) is 10.2 Å². The summed E-state index contributed by atoms with van der Waals surface area (Å²) in [7, 11) is 0. The van der Waals surface area contributed by atoms with E-state index >= 15 is 0 Å². The predicted octanol–water partition coefficient (Wildman–Crippen LogP) is 5.15. The van der Waals surface area contributed by atoms with Crippen molar-refractivity contribution in [1.82, 2.24) is 4.98 Å². The zero-order valence-corrected chi connectivity index (χ0v) is 13.0. The van der Waals surface area contributed by atoms with Gasteiger partial charge in [0.25, 0.3) is 5.69 Å². The average molecular weight is 337 g/mol. The predicted molar refractivity (Wildman–Crippen MR) is 87.3 cm³/mol. The van der Waals surface area contributed by atoms with E-state index in [1.54, 1.807) is 35.2 Å². The van der Waals surface area contributed by atoms with Gasteiger partial charge in [0.2, 0.25) is 0 Å². The SMILES string of the molecule is O=[N+]([O-])c1cc(CSc2nc3ccccc3s2)ccc1Cl. The molecule has 0 saturated heterocycles. The second kappa shape index (κ2) is 6.01. The number of nitrogens with zero attached hydrogens (tertiary/aromatic N) is 2. The largest absolute Gasteiger partial charge is 0.288 e. The van der Waals surface area contributed by atoms with Crippen LogP contribution in [0.1, 0.15) is 5.56 Å². The summed E-state index contributed by atoms with van der Waals surface area (Å²) >= 11 is 8.99. The zero-order chi connectivity index (χ0) is 14.8. The summed E-state index contributed by atoms with van der Waals surface area (Å²) in [6, 6.07) is 12.8. The second-order valence-corrected chi connectivity index (χ2v) is 6.94. The Morgan fingerprint density at radius 1 is 1.29 bits per heavy atom. The van der Waals surface area contributed by atoms with Crippen LogP contribution in [0.15, 0.2) is 46.8 Å². The number of rotatable bonds is 4. The molecule has 0 amide bonds. The van der Waals surface area contributed by atoms with Crippen molar-refractivity contribution < 1.29 is 4.92 Å². The van der Waals surface area contributed by atoms with Gasteiger partial charge in [-0.05, 0) is 23.8 Å². The number of hydrogen-bond donors (Lipinski definition) is 0. The van der Waals surface area contributed by atoms with Crippen molar-refractivity contribution in [3.63, 3.8) is 0 Å². The molecule has 1 heterocycles. The zero-order valence-electron chi connectivity index (χ0n) is 10.7. The number of halogens is 1. The third-order valence-corrected chi connectivity index (χ3v) is 5.41. The Morgan fingerprint density at radius 2 is 2.10 bits per heavy atom. The minimum Gasteiger partial charge on any atom is -0.258 e. The van der Waals surface area contributed by atoms with Gasteiger partial charge in [-0.2, -0.15) is 0 Å². The average Bonchev–Trinajstić information content (AvgIpc) is 2.89. The summed E-state index contributed by atoms with van der Waals surface area (Å²) in [5, 5.41) is 11.0. The molecule has 3 aromatic rings. The van der Waals surface area contributed by atoms with Gasteiger partial charge in [0, 0.05) is 11.8 Å². The van der Waals surface area contributed by atoms with Crippen molar-refractivity contribution in [2.75, 3.05) is 0 Å². The molecule has 0 fully saturated rings. The fourth-order valence-corrected chi connectivity index (χ4v) is 4.04. The number of hydrogen-bond acceptors (Lipinski definition) is 5. The molecule has 0 spiro atoms. The number of nitro groups is 1. The molecular formula is C14H9ClN2O2S2. The van der Waals surface area contributed by atoms with Gasteiger partial charge in [-0.1, -0.05) is 41.6 Å². The smallest absolute Gasteiger partial charge is 0.258 e. The Bertz CT molecular complexity index is 787. The molecule has 0 aliphatic carbocycles. The summed E-state index contributed by atoms with van der Waals surface area (Å²) in [6.45, 7) is 0. The Labute approximate surface area is 133 Å². The maximum Gasteiger partial charge on any atom is 0.288 e. The molecule has 3 rings (SSSR count). The van der Waals surface area contributed by atoms with Crippen LogP contribution < -0.4 is 0 Å². The van der Waals surface area contributed by atoms with Gasteiger partial charge in [-0.25, -0.2) is 4.98 Å². The second-order valence-electron chi connectivity index (χ2n) is 4.28. The highest BCUT2D eigenvalue weighted by Crippen LogP contribution is 2.33. The number of para-hydroxylation sites is 1. The van der Waals surface area contributed by atoms with E-state index in [1.807, 2.05) is 24.3 Å². The van der Waals surface area contributed by atoms with Gasteiger partial charge in [-0.3, -0.25) is 10.1 Å². The quantitative estimate of drug-likeness (QED) is 0.375. The molecule has 2 aromatic carbocycles. The lowest BCUT2D eigenvalue weighted by Crippen LogP contribution is -1.91. The molecule has 106 valence electrons. The van der Waals surface area contributed by atoms with E-state index in [1.165, 1.54) is 6.07 Å². The normalized spacial score (nSPS) is 10.9. The maximum atomic E-state index is 10.9. The summed E-state index contributed by atoms with van der Waals surface area (Å²) in [5.74, 6) is 0.623. The van der Waals surface area contributed by atoms with Crippen molar-refractivity contribution in [1.29, 1.82) is 0 Å². The molecule has 1 aromatic heterocycles. The summed E-state index contributed by atoms with van der Waals surface area (Å²) < 4.78 is 2.09. The molecule has 21 heavy (non-hydrogen) atoms. The van der Waals surface area contributed by atoms with Gasteiger partial charge in [0.05, 0.1) is 15.1 Å². The first-order valence-electron chi connectivity index (χ1n) is 6.04. The van der Waals surface area contributed by atoms with E-state index in [4.69, 9.17) is 11.6 Å². The Kier molecular flexibility index (Phi) is 4.10. The Morgan fingerprint density at radius 3 is 2.86 bits per heavy atom. The molecule has 0 saturated carbocycles. The fourth-order valence-electron chi connectivity index (χ4n) is 1.85. The lowest BCUT2D eigenvalue weighted by Gasteiger charge is -2.00. The Hall–Kier alpha value is -1.63. The van der Waals surface area contributed by atoms with Crippen LogP contribution in [-0.2, 0) is 5.75 Å². The van der Waals surface area contributed by atoms with Crippen molar-refractivity contribution >= 4 is 50.6 Å². The minimum absolute atomic E-state index is 0.0564. The number of thiazole rings is 1. The lowest BCUT2D eigenvalue weighted by atomic mass is 10.2. The topological polar surface area (TPSA) is 56.0 Å². The van der Waals surface area contributed by atoms with Crippen molar-refractivity contribution in [2.45, 2.75) is 10.1 Å². The third-order valence-electron chi connectivity index (χ3n) is 2.84. The van der Waals surface area contributed by atoms with E-state index in [0.29, 0.717) is 5.75 Å². The molecule has 0 atom stereocenters. The highest BCUT2D eigenvalue weighted by Gasteiger charge is 2.13. The Balaban J connectivity index is 1.78. The highest BCUT2D eigenvalue weighted by molar-refractivity contribution is 8.00. The molecule has 0 bridgehead atoms. The number of thioether (sulfide) groups is 1. The standard InChI is InChI=1S/C14H9ClN2O2S2/c15-10-6-5-9(7-12(10)17(18)19)8-20-14-16-11-3-1-2-4-13(11)21-14/h1-7H,8H2. The van der Waals surface area contributed by atoms with Crippen LogP contribution >= 0.6 is 34.7 Å². The number of fused-ring (bicyclic) bond motifs is 1. The first kappa shape index (κ1) is 14.3. The highest BCUT2D eigenvalue weighted by atomic mass is 35.5. The number of aromatic nitrogens is 1.